The van der Waals surface area contributed by atoms with Crippen molar-refractivity contribution in [3.05, 3.63) is 152 Å². The molecule has 4 heterocycles. The fraction of sp³-hybridized carbons (Fsp3) is 0. The van der Waals surface area contributed by atoms with Crippen LogP contribution in [0.4, 0.5) is 0 Å². The van der Waals surface area contributed by atoms with Crippen molar-refractivity contribution < 1.29 is 4.42 Å². The molecule has 4 aromatic heterocycles. The second-order valence-electron chi connectivity index (χ2n) is 12.8. The van der Waals surface area contributed by atoms with Crippen LogP contribution in [0, 0.1) is 0 Å². The highest BCUT2D eigenvalue weighted by Gasteiger charge is 2.18. The number of rotatable bonds is 4. The third-order valence-electron chi connectivity index (χ3n) is 9.76. The number of benzene rings is 7. The molecule has 0 amide bonds. The fourth-order valence-corrected chi connectivity index (χ4v) is 9.82. The summed E-state index contributed by atoms with van der Waals surface area (Å²) in [7, 11) is 0. The number of furan rings is 1. The van der Waals surface area contributed by atoms with Gasteiger partial charge in [-0.05, 0) is 30.3 Å². The summed E-state index contributed by atoms with van der Waals surface area (Å²) in [5.74, 6) is 1.88. The highest BCUT2D eigenvalue weighted by atomic mass is 32.1. The van der Waals surface area contributed by atoms with Crippen LogP contribution in [-0.4, -0.2) is 15.0 Å². The van der Waals surface area contributed by atoms with Gasteiger partial charge in [0, 0.05) is 78.9 Å². The predicted molar refractivity (Wildman–Crippen MR) is 215 cm³/mol. The SMILES string of the molecule is c1ccc(-c2nc(-c3ccc4c(c3)oc3ccccc34)nc(-c3ccc4c(c3)sc3c(-c5cccc6c5sc5ccccc56)cccc34)n2)cc1. The summed E-state index contributed by atoms with van der Waals surface area (Å²) in [4.78, 5) is 15.1. The van der Waals surface area contributed by atoms with Gasteiger partial charge in [0.25, 0.3) is 0 Å². The summed E-state index contributed by atoms with van der Waals surface area (Å²) in [6.45, 7) is 0. The van der Waals surface area contributed by atoms with Crippen molar-refractivity contribution in [2.45, 2.75) is 0 Å². The van der Waals surface area contributed by atoms with E-state index in [0.29, 0.717) is 17.5 Å². The molecule has 0 N–H and O–H groups in total. The zero-order valence-electron chi connectivity index (χ0n) is 27.0. The average molecular weight is 688 g/mol. The molecule has 0 atom stereocenters. The van der Waals surface area contributed by atoms with Crippen LogP contribution in [0.2, 0.25) is 0 Å². The van der Waals surface area contributed by atoms with Gasteiger partial charge in [0.15, 0.2) is 17.5 Å². The van der Waals surface area contributed by atoms with Gasteiger partial charge in [0.2, 0.25) is 0 Å². The Morgan fingerprint density at radius 1 is 0.353 bits per heavy atom. The summed E-state index contributed by atoms with van der Waals surface area (Å²) in [6, 6.07) is 53.2. The number of aromatic nitrogens is 3. The summed E-state index contributed by atoms with van der Waals surface area (Å²) < 4.78 is 11.4. The first-order valence-electron chi connectivity index (χ1n) is 16.8. The van der Waals surface area contributed by atoms with Crippen LogP contribution in [0.5, 0.6) is 0 Å². The van der Waals surface area contributed by atoms with E-state index in [1.807, 2.05) is 77.3 Å². The van der Waals surface area contributed by atoms with E-state index in [1.54, 1.807) is 0 Å². The Bertz CT molecular complexity index is 3160. The lowest BCUT2D eigenvalue weighted by Crippen LogP contribution is -2.00. The maximum atomic E-state index is 6.23. The van der Waals surface area contributed by atoms with E-state index in [0.717, 1.165) is 38.6 Å². The fourth-order valence-electron chi connectivity index (χ4n) is 7.32. The van der Waals surface area contributed by atoms with Crippen molar-refractivity contribution in [3.63, 3.8) is 0 Å². The van der Waals surface area contributed by atoms with Crippen molar-refractivity contribution >= 4 is 85.0 Å². The second kappa shape index (κ2) is 11.2. The van der Waals surface area contributed by atoms with Crippen LogP contribution in [0.1, 0.15) is 0 Å². The van der Waals surface area contributed by atoms with Crippen molar-refractivity contribution in [2.75, 3.05) is 0 Å². The minimum absolute atomic E-state index is 0.608. The third-order valence-corrected chi connectivity index (χ3v) is 12.2. The zero-order chi connectivity index (χ0) is 33.5. The van der Waals surface area contributed by atoms with E-state index in [4.69, 9.17) is 19.4 Å². The van der Waals surface area contributed by atoms with E-state index in [2.05, 4.69) is 97.1 Å². The Kier molecular flexibility index (Phi) is 6.26. The monoisotopic (exact) mass is 687 g/mol. The van der Waals surface area contributed by atoms with Crippen LogP contribution in [0.15, 0.2) is 156 Å². The predicted octanol–water partition coefficient (Wildman–Crippen LogP) is 13.2. The lowest BCUT2D eigenvalue weighted by Gasteiger charge is -2.08. The van der Waals surface area contributed by atoms with Crippen LogP contribution >= 0.6 is 22.7 Å². The first-order valence-corrected chi connectivity index (χ1v) is 18.5. The normalized spacial score (nSPS) is 11.9. The molecule has 0 saturated heterocycles. The Hall–Kier alpha value is -6.21. The number of para-hydroxylation sites is 1. The Labute approximate surface area is 299 Å². The van der Waals surface area contributed by atoms with E-state index >= 15 is 0 Å². The molecular weight excluding hydrogens is 663 g/mol. The second-order valence-corrected chi connectivity index (χ2v) is 14.9. The minimum Gasteiger partial charge on any atom is -0.456 e. The number of thiophene rings is 2. The number of fused-ring (bicyclic) bond motifs is 9. The molecule has 6 heteroatoms. The molecule has 0 bridgehead atoms. The van der Waals surface area contributed by atoms with Crippen LogP contribution < -0.4 is 0 Å². The number of hydrogen-bond donors (Lipinski definition) is 0. The van der Waals surface area contributed by atoms with E-state index in [9.17, 15) is 0 Å². The molecule has 0 fully saturated rings. The van der Waals surface area contributed by atoms with Crippen molar-refractivity contribution in [2.24, 2.45) is 0 Å². The molecule has 51 heavy (non-hydrogen) atoms. The summed E-state index contributed by atoms with van der Waals surface area (Å²) in [5.41, 5.74) is 7.00. The minimum atomic E-state index is 0.608. The summed E-state index contributed by atoms with van der Waals surface area (Å²) in [5, 5.41) is 7.30. The van der Waals surface area contributed by atoms with Gasteiger partial charge in [-0.2, -0.15) is 0 Å². The molecule has 238 valence electrons. The van der Waals surface area contributed by atoms with Gasteiger partial charge in [-0.1, -0.05) is 121 Å². The molecule has 7 aromatic carbocycles. The number of hydrogen-bond acceptors (Lipinski definition) is 6. The molecule has 4 nitrogen and oxygen atoms in total. The maximum Gasteiger partial charge on any atom is 0.164 e. The van der Waals surface area contributed by atoms with Gasteiger partial charge >= 0.3 is 0 Å². The van der Waals surface area contributed by atoms with Gasteiger partial charge in [-0.3, -0.25) is 0 Å². The summed E-state index contributed by atoms with van der Waals surface area (Å²) in [6.07, 6.45) is 0. The molecule has 0 saturated carbocycles. The van der Waals surface area contributed by atoms with Gasteiger partial charge in [-0.25, -0.2) is 15.0 Å². The zero-order valence-corrected chi connectivity index (χ0v) is 28.6. The van der Waals surface area contributed by atoms with E-state index in [1.165, 1.54) is 51.5 Å². The third kappa shape index (κ3) is 4.54. The molecule has 11 aromatic rings. The van der Waals surface area contributed by atoms with E-state index in [-0.39, 0.29) is 0 Å². The quantitative estimate of drug-likeness (QED) is 0.185. The first-order chi connectivity index (χ1) is 25.2. The van der Waals surface area contributed by atoms with Gasteiger partial charge in [0.1, 0.15) is 11.2 Å². The Morgan fingerprint density at radius 3 is 1.63 bits per heavy atom. The first kappa shape index (κ1) is 28.6. The highest BCUT2D eigenvalue weighted by molar-refractivity contribution is 7.27. The molecule has 0 aliphatic rings. The largest absolute Gasteiger partial charge is 0.456 e. The highest BCUT2D eigenvalue weighted by Crippen LogP contribution is 2.45. The smallest absolute Gasteiger partial charge is 0.164 e. The maximum absolute atomic E-state index is 6.23. The Balaban J connectivity index is 1.07. The molecular formula is C45H25N3OS2. The molecule has 11 rings (SSSR count). The van der Waals surface area contributed by atoms with E-state index < -0.39 is 0 Å². The van der Waals surface area contributed by atoms with Crippen LogP contribution in [-0.2, 0) is 0 Å². The standard InChI is InChI=1S/C45H25N3OS2/c1-2-10-26(11-3-1)43-46-44(27-20-22-30-29-12-4-6-18-37(29)49-38(30)24-27)48-45(47-43)28-21-23-32-34-15-9-17-36(42(34)51-40(32)25-28)35-16-8-14-33-31-13-5-7-19-39(31)50-41(33)35/h1-25H. The van der Waals surface area contributed by atoms with Crippen LogP contribution in [0.25, 0.3) is 108 Å². The topological polar surface area (TPSA) is 51.8 Å². The number of nitrogens with zero attached hydrogens (tertiary/aromatic N) is 3. The molecule has 0 aliphatic carbocycles. The van der Waals surface area contributed by atoms with Crippen LogP contribution in [0.3, 0.4) is 0 Å². The molecule has 0 spiro atoms. The van der Waals surface area contributed by atoms with Crippen molar-refractivity contribution in [3.8, 4) is 45.3 Å². The molecule has 0 aliphatic heterocycles. The Morgan fingerprint density at radius 2 is 0.882 bits per heavy atom. The molecule has 0 radical (unpaired) electrons. The van der Waals surface area contributed by atoms with Gasteiger partial charge in [-0.15, -0.1) is 22.7 Å². The lowest BCUT2D eigenvalue weighted by molar-refractivity contribution is 0.669. The van der Waals surface area contributed by atoms with Crippen molar-refractivity contribution in [1.29, 1.82) is 0 Å². The lowest BCUT2D eigenvalue weighted by atomic mass is 10.0. The average Bonchev–Trinajstić information content (AvgIpc) is 3.88. The van der Waals surface area contributed by atoms with Gasteiger partial charge in [0.05, 0.1) is 0 Å². The molecule has 0 unspecified atom stereocenters. The van der Waals surface area contributed by atoms with Crippen molar-refractivity contribution in [1.82, 2.24) is 15.0 Å². The van der Waals surface area contributed by atoms with Gasteiger partial charge < -0.3 is 4.42 Å². The summed E-state index contributed by atoms with van der Waals surface area (Å²) >= 11 is 3.71.